The van der Waals surface area contributed by atoms with E-state index in [-0.39, 0.29) is 5.97 Å². The van der Waals surface area contributed by atoms with Crippen molar-refractivity contribution >= 4 is 33.0 Å². The predicted octanol–water partition coefficient (Wildman–Crippen LogP) is 5.62. The molecule has 4 heterocycles. The van der Waals surface area contributed by atoms with Gasteiger partial charge in [0.05, 0.1) is 31.7 Å². The zero-order valence-electron chi connectivity index (χ0n) is 25.5. The fourth-order valence-electron chi connectivity index (χ4n) is 6.06. The first-order chi connectivity index (χ1) is 22.1. The Morgan fingerprint density at radius 1 is 0.956 bits per heavy atom. The van der Waals surface area contributed by atoms with Crippen LogP contribution in [0.15, 0.2) is 79.0 Å². The average Bonchev–Trinajstić information content (AvgIpc) is 3.69. The highest BCUT2D eigenvalue weighted by Gasteiger charge is 2.22. The van der Waals surface area contributed by atoms with Crippen molar-refractivity contribution < 1.29 is 14.3 Å². The first-order valence-electron chi connectivity index (χ1n) is 15.3. The molecule has 1 saturated heterocycles. The highest BCUT2D eigenvalue weighted by molar-refractivity contribution is 7.20. The number of anilines is 1. The second-order valence-electron chi connectivity index (χ2n) is 11.4. The van der Waals surface area contributed by atoms with E-state index >= 15 is 0 Å². The summed E-state index contributed by atoms with van der Waals surface area (Å²) < 4.78 is 12.3. The minimum atomic E-state index is -0.311. The zero-order chi connectivity index (χ0) is 30.8. The number of methoxy groups -OCH3 is 2. The minimum absolute atomic E-state index is 0.311. The predicted molar refractivity (Wildman–Crippen MR) is 179 cm³/mol. The Balaban J connectivity index is 1.03. The molecule has 0 aliphatic carbocycles. The van der Waals surface area contributed by atoms with Crippen LogP contribution in [0.2, 0.25) is 0 Å². The van der Waals surface area contributed by atoms with Gasteiger partial charge in [-0.05, 0) is 65.1 Å². The Bertz CT molecular complexity index is 1820. The maximum Gasteiger partial charge on any atom is 0.338 e. The van der Waals surface area contributed by atoms with Crippen molar-refractivity contribution in [2.24, 2.45) is 0 Å². The van der Waals surface area contributed by atoms with E-state index < -0.39 is 0 Å². The summed E-state index contributed by atoms with van der Waals surface area (Å²) in [6.07, 6.45) is 5.04. The van der Waals surface area contributed by atoms with E-state index in [9.17, 15) is 4.79 Å². The van der Waals surface area contributed by atoms with Crippen molar-refractivity contribution in [1.82, 2.24) is 24.8 Å². The molecule has 9 nitrogen and oxygen atoms in total. The van der Waals surface area contributed by atoms with Crippen LogP contribution in [0.4, 0.5) is 5.13 Å². The largest absolute Gasteiger partial charge is 0.497 e. The molecule has 7 rings (SSSR count). The summed E-state index contributed by atoms with van der Waals surface area (Å²) in [5.74, 6) is 0.591. The highest BCUT2D eigenvalue weighted by atomic mass is 32.1. The number of carbonyl (C=O) groups is 1. The molecule has 10 heteroatoms. The maximum absolute atomic E-state index is 12.5. The van der Waals surface area contributed by atoms with Gasteiger partial charge in [-0.15, -0.1) is 5.10 Å². The number of imidazole rings is 1. The van der Waals surface area contributed by atoms with Crippen LogP contribution in [-0.2, 0) is 11.3 Å². The van der Waals surface area contributed by atoms with Crippen molar-refractivity contribution in [2.45, 2.75) is 13.0 Å². The topological polar surface area (TPSA) is 84.2 Å². The van der Waals surface area contributed by atoms with Gasteiger partial charge in [0, 0.05) is 44.8 Å². The summed E-state index contributed by atoms with van der Waals surface area (Å²) in [6, 6.07) is 22.7. The fraction of sp³-hybridized carbons (Fsp3) is 0.286. The third-order valence-electron chi connectivity index (χ3n) is 8.56. The molecule has 0 amide bonds. The zero-order valence-corrected chi connectivity index (χ0v) is 26.3. The number of esters is 1. The van der Waals surface area contributed by atoms with Gasteiger partial charge >= 0.3 is 5.97 Å². The van der Waals surface area contributed by atoms with Crippen molar-refractivity contribution in [2.75, 3.05) is 58.4 Å². The maximum atomic E-state index is 12.5. The Morgan fingerprint density at radius 3 is 2.49 bits per heavy atom. The standard InChI is InChI=1S/C35H36N6O3S/c1-43-29-5-3-4-24(20-29)22-39-16-18-40(19-17-39)35-38-41-23-32(37-34(41)45-35)27-8-6-25(7-9-27)28-10-11-30(33(42)44-2)31(21-28)26-12-14-36-15-13-26/h3-12,20-21,23,36H,13-19,22H2,1-2H3. The fourth-order valence-corrected chi connectivity index (χ4v) is 7.00. The van der Waals surface area contributed by atoms with Crippen molar-refractivity contribution in [3.63, 3.8) is 0 Å². The molecule has 3 aromatic carbocycles. The lowest BCUT2D eigenvalue weighted by Crippen LogP contribution is -2.46. The van der Waals surface area contributed by atoms with Crippen LogP contribution in [0.25, 0.3) is 32.9 Å². The van der Waals surface area contributed by atoms with Crippen molar-refractivity contribution in [3.05, 3.63) is 95.7 Å². The lowest BCUT2D eigenvalue weighted by molar-refractivity contribution is 0.0600. The van der Waals surface area contributed by atoms with Gasteiger partial charge < -0.3 is 19.7 Å². The molecular weight excluding hydrogens is 584 g/mol. The summed E-state index contributed by atoms with van der Waals surface area (Å²) in [5, 5.41) is 9.23. The first kappa shape index (κ1) is 29.2. The number of ether oxygens (including phenoxy) is 2. The van der Waals surface area contributed by atoms with Gasteiger partial charge in [0.2, 0.25) is 10.1 Å². The number of nitrogens with zero attached hydrogens (tertiary/aromatic N) is 5. The van der Waals surface area contributed by atoms with Gasteiger partial charge in [-0.3, -0.25) is 4.90 Å². The van der Waals surface area contributed by atoms with E-state index in [1.54, 1.807) is 18.4 Å². The second-order valence-corrected chi connectivity index (χ2v) is 12.3. The third kappa shape index (κ3) is 6.22. The summed E-state index contributed by atoms with van der Waals surface area (Å²) in [6.45, 7) is 6.46. The number of fused-ring (bicyclic) bond motifs is 1. The molecular formula is C35H36N6O3S. The molecule has 0 saturated carbocycles. The number of carbonyl (C=O) groups excluding carboxylic acids is 1. The number of hydrogen-bond donors (Lipinski definition) is 1. The Hall–Kier alpha value is -4.51. The summed E-state index contributed by atoms with van der Waals surface area (Å²) in [5.41, 5.74) is 8.07. The van der Waals surface area contributed by atoms with Gasteiger partial charge in [0.25, 0.3) is 0 Å². The number of hydrogen-bond acceptors (Lipinski definition) is 9. The molecule has 2 aliphatic rings. The van der Waals surface area contributed by atoms with Crippen LogP contribution in [0, 0.1) is 0 Å². The van der Waals surface area contributed by atoms with Gasteiger partial charge in [0.1, 0.15) is 5.75 Å². The molecule has 230 valence electrons. The first-order valence-corrected chi connectivity index (χ1v) is 16.1. The van der Waals surface area contributed by atoms with E-state index in [2.05, 4.69) is 69.7 Å². The molecule has 45 heavy (non-hydrogen) atoms. The number of aromatic nitrogens is 3. The highest BCUT2D eigenvalue weighted by Crippen LogP contribution is 2.32. The molecule has 5 aromatic rings. The van der Waals surface area contributed by atoms with E-state index in [0.29, 0.717) is 5.56 Å². The van der Waals surface area contributed by atoms with Crippen LogP contribution >= 0.6 is 11.3 Å². The molecule has 2 aliphatic heterocycles. The molecule has 1 fully saturated rings. The lowest BCUT2D eigenvalue weighted by Gasteiger charge is -2.34. The minimum Gasteiger partial charge on any atom is -0.497 e. The monoisotopic (exact) mass is 620 g/mol. The molecule has 0 unspecified atom stereocenters. The van der Waals surface area contributed by atoms with E-state index in [0.717, 1.165) is 96.0 Å². The van der Waals surface area contributed by atoms with Gasteiger partial charge in [-0.1, -0.05) is 59.9 Å². The van der Waals surface area contributed by atoms with Crippen LogP contribution < -0.4 is 15.0 Å². The molecule has 2 aromatic heterocycles. The van der Waals surface area contributed by atoms with Gasteiger partial charge in [-0.25, -0.2) is 14.3 Å². The second kappa shape index (κ2) is 12.8. The Labute approximate surface area is 266 Å². The normalized spacial score (nSPS) is 15.7. The van der Waals surface area contributed by atoms with E-state index in [1.165, 1.54) is 18.2 Å². The summed E-state index contributed by atoms with van der Waals surface area (Å²) in [7, 11) is 3.14. The molecule has 0 atom stereocenters. The molecule has 0 spiro atoms. The van der Waals surface area contributed by atoms with Crippen LogP contribution in [0.5, 0.6) is 5.75 Å². The number of nitrogens with one attached hydrogen (secondary N) is 1. The quantitative estimate of drug-likeness (QED) is 0.224. The number of benzene rings is 3. The van der Waals surface area contributed by atoms with Crippen LogP contribution in [0.3, 0.4) is 0 Å². The third-order valence-corrected chi connectivity index (χ3v) is 9.55. The molecule has 0 bridgehead atoms. The van der Waals surface area contributed by atoms with Crippen molar-refractivity contribution in [1.29, 1.82) is 0 Å². The van der Waals surface area contributed by atoms with Gasteiger partial charge in [-0.2, -0.15) is 0 Å². The summed E-state index contributed by atoms with van der Waals surface area (Å²) >= 11 is 1.63. The Morgan fingerprint density at radius 2 is 1.76 bits per heavy atom. The van der Waals surface area contributed by atoms with E-state index in [1.807, 2.05) is 28.9 Å². The van der Waals surface area contributed by atoms with Crippen LogP contribution in [0.1, 0.15) is 27.9 Å². The SMILES string of the molecule is COC(=O)c1ccc(-c2ccc(-c3cn4nc(N5CCN(Cc6cccc(OC)c6)CC5)sc4n3)cc2)cc1C1=CCNCC1. The molecule has 0 radical (unpaired) electrons. The number of piperazine rings is 1. The smallest absolute Gasteiger partial charge is 0.338 e. The van der Waals surface area contributed by atoms with E-state index in [4.69, 9.17) is 19.6 Å². The Kier molecular flexibility index (Phi) is 8.34. The lowest BCUT2D eigenvalue weighted by atomic mass is 9.91. The number of rotatable bonds is 8. The average molecular weight is 621 g/mol. The van der Waals surface area contributed by atoms with Crippen molar-refractivity contribution in [3.8, 4) is 28.1 Å². The molecule has 1 N–H and O–H groups in total. The van der Waals surface area contributed by atoms with Gasteiger partial charge in [0.15, 0.2) is 0 Å². The summed E-state index contributed by atoms with van der Waals surface area (Å²) in [4.78, 5) is 23.1. The van der Waals surface area contributed by atoms with Crippen LogP contribution in [-0.4, -0.2) is 79.0 Å².